The van der Waals surface area contributed by atoms with Gasteiger partial charge in [-0.15, -0.1) is 3.89 Å². The molecule has 0 saturated carbocycles. The Balaban J connectivity index is 0.00000187. The summed E-state index contributed by atoms with van der Waals surface area (Å²) in [5.74, 6) is 1.70. The molecule has 0 saturated heterocycles. The van der Waals surface area contributed by atoms with Gasteiger partial charge in [0.15, 0.2) is 18.2 Å². The van der Waals surface area contributed by atoms with E-state index in [4.69, 9.17) is 26.8 Å². The fraction of sp³-hybridized carbons (Fsp3) is 0.273. The van der Waals surface area contributed by atoms with Crippen molar-refractivity contribution >= 4 is 41.2 Å². The molecule has 33 heavy (non-hydrogen) atoms. The van der Waals surface area contributed by atoms with E-state index in [0.717, 1.165) is 5.56 Å². The molecule has 2 aromatic heterocycles. The van der Waals surface area contributed by atoms with Crippen LogP contribution in [0.4, 0.5) is 15.4 Å². The number of ether oxygens (including phenoxy) is 2. The van der Waals surface area contributed by atoms with Crippen molar-refractivity contribution in [2.45, 2.75) is 20.4 Å². The zero-order chi connectivity index (χ0) is 24.4. The van der Waals surface area contributed by atoms with Crippen molar-refractivity contribution in [1.82, 2.24) is 15.0 Å². The zero-order valence-electron chi connectivity index (χ0n) is 19.0. The first-order valence-corrected chi connectivity index (χ1v) is 11.0. The molecule has 0 bridgehead atoms. The average Bonchev–Trinajstić information content (AvgIpc) is 2.85. The normalized spacial score (nSPS) is 10.8. The molecule has 3 aromatic rings. The molecule has 0 radical (unpaired) electrons. The number of nitrogen functional groups attached to an aromatic ring is 1. The third kappa shape index (κ3) is 6.45. The van der Waals surface area contributed by atoms with Gasteiger partial charge < -0.3 is 20.1 Å². The van der Waals surface area contributed by atoms with E-state index in [0.29, 0.717) is 29.4 Å². The second kappa shape index (κ2) is 12.8. The van der Waals surface area contributed by atoms with E-state index >= 15 is 0 Å². The van der Waals surface area contributed by atoms with Crippen molar-refractivity contribution in [3.63, 3.8) is 0 Å². The van der Waals surface area contributed by atoms with Crippen LogP contribution >= 0.6 is 23.9 Å². The van der Waals surface area contributed by atoms with Crippen LogP contribution in [0.25, 0.3) is 0 Å². The summed E-state index contributed by atoms with van der Waals surface area (Å²) < 4.78 is 27.6. The summed E-state index contributed by atoms with van der Waals surface area (Å²) in [5.41, 5.74) is 8.42. The largest absolute Gasteiger partial charge is 0.497 e. The fourth-order valence-electron chi connectivity index (χ4n) is 2.99. The Hall–Kier alpha value is -3.11. The van der Waals surface area contributed by atoms with Gasteiger partial charge in [0.25, 0.3) is 0 Å². The third-order valence-corrected chi connectivity index (χ3v) is 4.87. The van der Waals surface area contributed by atoms with Crippen LogP contribution in [0, 0.1) is 0 Å². The molecule has 0 spiro atoms. The van der Waals surface area contributed by atoms with E-state index in [1.54, 1.807) is 50.6 Å². The number of nitrogens with two attached hydrogens (primary N) is 1. The van der Waals surface area contributed by atoms with Crippen LogP contribution in [0.2, 0.25) is 5.28 Å². The summed E-state index contributed by atoms with van der Waals surface area (Å²) in [7, 11) is 4.97. The van der Waals surface area contributed by atoms with Crippen LogP contribution in [-0.4, -0.2) is 41.9 Å². The summed E-state index contributed by atoms with van der Waals surface area (Å²) in [6.45, 7) is 4.40. The number of benzene rings is 1. The number of pyridine rings is 1. The maximum atomic E-state index is 13.1. The number of halogens is 2. The molecule has 11 heteroatoms. The van der Waals surface area contributed by atoms with Crippen LogP contribution in [0.1, 0.15) is 30.7 Å². The van der Waals surface area contributed by atoms with Gasteiger partial charge in [0.2, 0.25) is 5.28 Å². The third-order valence-electron chi connectivity index (χ3n) is 4.45. The van der Waals surface area contributed by atoms with Gasteiger partial charge in [-0.25, -0.2) is 4.98 Å². The monoisotopic (exact) mass is 492 g/mol. The minimum absolute atomic E-state index is 0.0480. The van der Waals surface area contributed by atoms with Crippen molar-refractivity contribution in [3.8, 4) is 11.5 Å². The number of hydrogen-bond donors (Lipinski definition) is 1. The molecule has 0 amide bonds. The van der Waals surface area contributed by atoms with Crippen LogP contribution < -0.4 is 20.1 Å². The standard InChI is InChI=1S/C20H20ClFN6O2S.C2H6/c1-28(11-13-6-7-14(29-2)9-15(13)30-3)19-16(23)18(25-20(21)26-19)17(27-31-22)12-5-4-8-24-10-12;1-2/h4-10H,11,23H2,1-3H3;1-2H3/b27-17+;. The van der Waals surface area contributed by atoms with Crippen molar-refractivity contribution in [3.05, 3.63) is 64.8 Å². The molecule has 2 heterocycles. The number of hydrogen-bond acceptors (Lipinski definition) is 9. The van der Waals surface area contributed by atoms with Crippen LogP contribution in [0.5, 0.6) is 11.5 Å². The van der Waals surface area contributed by atoms with Gasteiger partial charge in [-0.05, 0) is 35.9 Å². The molecule has 2 N–H and O–H groups in total. The Kier molecular flexibility index (Phi) is 10.1. The molecule has 0 fully saturated rings. The van der Waals surface area contributed by atoms with E-state index in [1.807, 2.05) is 26.0 Å². The molecular weight excluding hydrogens is 467 g/mol. The summed E-state index contributed by atoms with van der Waals surface area (Å²) in [5, 5.41) is -0.0480. The number of anilines is 2. The van der Waals surface area contributed by atoms with Gasteiger partial charge in [-0.3, -0.25) is 4.98 Å². The first-order chi connectivity index (χ1) is 16.0. The number of nitrogens with zero attached hydrogens (tertiary/aromatic N) is 5. The van der Waals surface area contributed by atoms with Gasteiger partial charge in [0.1, 0.15) is 28.6 Å². The summed E-state index contributed by atoms with van der Waals surface area (Å²) in [6, 6.07) is 8.94. The Morgan fingerprint density at radius 2 is 1.97 bits per heavy atom. The molecule has 0 aliphatic rings. The minimum atomic E-state index is -0.202. The van der Waals surface area contributed by atoms with Crippen molar-refractivity contribution in [2.75, 3.05) is 31.9 Å². The highest BCUT2D eigenvalue weighted by molar-refractivity contribution is 7.93. The molecule has 1 aromatic carbocycles. The lowest BCUT2D eigenvalue weighted by Crippen LogP contribution is -2.22. The molecule has 0 atom stereocenters. The first-order valence-electron chi connectivity index (χ1n) is 10.00. The zero-order valence-corrected chi connectivity index (χ0v) is 20.6. The summed E-state index contributed by atoms with van der Waals surface area (Å²) in [4.78, 5) is 14.3. The highest BCUT2D eigenvalue weighted by Crippen LogP contribution is 2.31. The SMILES string of the molecule is CC.COc1ccc(CN(C)c2nc(Cl)nc(/C(=N/SF)c3cccnc3)c2N)c(OC)c1. The van der Waals surface area contributed by atoms with Crippen molar-refractivity contribution in [2.24, 2.45) is 4.40 Å². The van der Waals surface area contributed by atoms with Gasteiger partial charge in [-0.1, -0.05) is 13.8 Å². The molecule has 176 valence electrons. The lowest BCUT2D eigenvalue weighted by atomic mass is 10.1. The van der Waals surface area contributed by atoms with E-state index < -0.39 is 0 Å². The number of aromatic nitrogens is 3. The lowest BCUT2D eigenvalue weighted by Gasteiger charge is -2.22. The van der Waals surface area contributed by atoms with Crippen LogP contribution in [-0.2, 0) is 6.54 Å². The van der Waals surface area contributed by atoms with Crippen molar-refractivity contribution in [1.29, 1.82) is 0 Å². The second-order valence-electron chi connectivity index (χ2n) is 6.36. The Morgan fingerprint density at radius 1 is 1.21 bits per heavy atom. The predicted octanol–water partition coefficient (Wildman–Crippen LogP) is 5.16. The maximum absolute atomic E-state index is 13.1. The molecule has 3 rings (SSSR count). The maximum Gasteiger partial charge on any atom is 0.225 e. The van der Waals surface area contributed by atoms with E-state index in [2.05, 4.69) is 19.3 Å². The number of methoxy groups -OCH3 is 2. The van der Waals surface area contributed by atoms with Gasteiger partial charge in [0.05, 0.1) is 14.2 Å². The summed E-state index contributed by atoms with van der Waals surface area (Å²) >= 11 is 5.98. The Morgan fingerprint density at radius 3 is 2.58 bits per heavy atom. The highest BCUT2D eigenvalue weighted by Gasteiger charge is 2.21. The lowest BCUT2D eigenvalue weighted by molar-refractivity contribution is 0.391. The predicted molar refractivity (Wildman–Crippen MR) is 133 cm³/mol. The van der Waals surface area contributed by atoms with E-state index in [-0.39, 0.29) is 34.7 Å². The highest BCUT2D eigenvalue weighted by atomic mass is 35.5. The summed E-state index contributed by atoms with van der Waals surface area (Å²) in [6.07, 6.45) is 3.14. The molecular formula is C22H26ClFN6O2S. The van der Waals surface area contributed by atoms with Gasteiger partial charge in [0, 0.05) is 43.2 Å². The topological polar surface area (TPSA) is 98.8 Å². The first kappa shape index (κ1) is 26.1. The quantitative estimate of drug-likeness (QED) is 0.261. The molecule has 0 aliphatic carbocycles. The molecule has 0 aliphatic heterocycles. The van der Waals surface area contributed by atoms with E-state index in [9.17, 15) is 3.89 Å². The Labute approximate surface area is 202 Å². The molecule has 0 unspecified atom stereocenters. The molecule has 8 nitrogen and oxygen atoms in total. The van der Waals surface area contributed by atoms with Crippen LogP contribution in [0.3, 0.4) is 0 Å². The minimum Gasteiger partial charge on any atom is -0.497 e. The Bertz CT molecular complexity index is 1090. The van der Waals surface area contributed by atoms with Gasteiger partial charge in [-0.2, -0.15) is 9.38 Å². The van der Waals surface area contributed by atoms with Crippen molar-refractivity contribution < 1.29 is 13.4 Å². The number of rotatable bonds is 8. The smallest absolute Gasteiger partial charge is 0.225 e. The fourth-order valence-corrected chi connectivity index (χ4v) is 3.41. The van der Waals surface area contributed by atoms with Crippen LogP contribution in [0.15, 0.2) is 47.1 Å². The average molecular weight is 493 g/mol. The second-order valence-corrected chi connectivity index (χ2v) is 7.02. The van der Waals surface area contributed by atoms with Gasteiger partial charge >= 0.3 is 0 Å². The van der Waals surface area contributed by atoms with E-state index in [1.165, 1.54) is 6.20 Å².